The van der Waals surface area contributed by atoms with Crippen LogP contribution in [0.5, 0.6) is 11.5 Å². The Labute approximate surface area is 206 Å². The van der Waals surface area contributed by atoms with Gasteiger partial charge < -0.3 is 9.47 Å². The number of halogens is 4. The van der Waals surface area contributed by atoms with Crippen LogP contribution in [-0.4, -0.2) is 29.6 Å². The van der Waals surface area contributed by atoms with E-state index in [1.165, 1.54) is 25.5 Å². The average molecular weight is 546 g/mol. The lowest BCUT2D eigenvalue weighted by atomic mass is 10.1. The van der Waals surface area contributed by atoms with Crippen LogP contribution in [0.4, 0.5) is 13.2 Å². The molecule has 0 aliphatic carbocycles. The molecule has 1 heterocycles. The van der Waals surface area contributed by atoms with E-state index in [0.717, 1.165) is 16.8 Å². The summed E-state index contributed by atoms with van der Waals surface area (Å²) in [6, 6.07) is 14.6. The SMILES string of the molecule is CCOc1c(C=Nn2c(-c3cccc(C(F)(F)F)c3)nc3ccccc3c2=O)cc(Br)cc1OC. The number of fused-ring (bicyclic) bond motifs is 1. The summed E-state index contributed by atoms with van der Waals surface area (Å²) in [7, 11) is 1.49. The fourth-order valence-corrected chi connectivity index (χ4v) is 3.96. The molecule has 1 aromatic heterocycles. The zero-order valence-electron chi connectivity index (χ0n) is 18.6. The third-order valence-corrected chi connectivity index (χ3v) is 5.53. The molecule has 4 aromatic rings. The average Bonchev–Trinajstić information content (AvgIpc) is 2.84. The Morgan fingerprint density at radius 2 is 1.89 bits per heavy atom. The topological polar surface area (TPSA) is 65.7 Å². The third kappa shape index (κ3) is 5.07. The number of methoxy groups -OCH3 is 1. The summed E-state index contributed by atoms with van der Waals surface area (Å²) < 4.78 is 52.9. The fourth-order valence-electron chi connectivity index (χ4n) is 3.51. The van der Waals surface area contributed by atoms with E-state index in [-0.39, 0.29) is 16.8 Å². The number of alkyl halides is 3. The summed E-state index contributed by atoms with van der Waals surface area (Å²) >= 11 is 3.41. The minimum absolute atomic E-state index is 0.0315. The van der Waals surface area contributed by atoms with E-state index in [9.17, 15) is 18.0 Å². The first-order valence-electron chi connectivity index (χ1n) is 10.5. The Kier molecular flexibility index (Phi) is 6.93. The largest absolute Gasteiger partial charge is 0.493 e. The van der Waals surface area contributed by atoms with Crippen LogP contribution in [0.2, 0.25) is 0 Å². The van der Waals surface area contributed by atoms with Crippen molar-refractivity contribution in [2.75, 3.05) is 13.7 Å². The molecule has 0 saturated heterocycles. The van der Waals surface area contributed by atoms with Crippen molar-refractivity contribution < 1.29 is 22.6 Å². The highest BCUT2D eigenvalue weighted by Gasteiger charge is 2.31. The molecule has 0 atom stereocenters. The van der Waals surface area contributed by atoms with E-state index >= 15 is 0 Å². The Morgan fingerprint density at radius 3 is 2.60 bits per heavy atom. The number of hydrogen-bond acceptors (Lipinski definition) is 5. The highest BCUT2D eigenvalue weighted by Crippen LogP contribution is 2.34. The summed E-state index contributed by atoms with van der Waals surface area (Å²) in [5.74, 6) is 0.824. The molecule has 0 fully saturated rings. The van der Waals surface area contributed by atoms with Crippen LogP contribution in [0.1, 0.15) is 18.1 Å². The highest BCUT2D eigenvalue weighted by molar-refractivity contribution is 9.10. The molecule has 0 aliphatic rings. The van der Waals surface area contributed by atoms with Gasteiger partial charge in [-0.1, -0.05) is 40.2 Å². The Morgan fingerprint density at radius 1 is 1.11 bits per heavy atom. The Hall–Kier alpha value is -3.66. The van der Waals surface area contributed by atoms with Crippen LogP contribution >= 0.6 is 15.9 Å². The predicted octanol–water partition coefficient (Wildman–Crippen LogP) is 6.13. The number of hydrogen-bond donors (Lipinski definition) is 0. The van der Waals surface area contributed by atoms with Crippen molar-refractivity contribution in [2.24, 2.45) is 5.10 Å². The lowest BCUT2D eigenvalue weighted by molar-refractivity contribution is -0.137. The van der Waals surface area contributed by atoms with Gasteiger partial charge in [-0.15, -0.1) is 0 Å². The first kappa shape index (κ1) is 24.5. The van der Waals surface area contributed by atoms with E-state index in [2.05, 4.69) is 26.0 Å². The first-order valence-corrected chi connectivity index (χ1v) is 11.3. The van der Waals surface area contributed by atoms with E-state index in [1.54, 1.807) is 36.4 Å². The van der Waals surface area contributed by atoms with Crippen LogP contribution in [0, 0.1) is 0 Å². The van der Waals surface area contributed by atoms with Crippen LogP contribution in [0.15, 0.2) is 75.0 Å². The van der Waals surface area contributed by atoms with E-state index in [4.69, 9.17) is 9.47 Å². The molecule has 0 aliphatic heterocycles. The van der Waals surface area contributed by atoms with Crippen molar-refractivity contribution >= 4 is 33.0 Å². The maximum atomic E-state index is 13.4. The van der Waals surface area contributed by atoms with Crippen molar-refractivity contribution in [3.63, 3.8) is 0 Å². The Balaban J connectivity index is 1.95. The van der Waals surface area contributed by atoms with Gasteiger partial charge in [-0.3, -0.25) is 4.79 Å². The minimum Gasteiger partial charge on any atom is -0.493 e. The minimum atomic E-state index is -4.56. The highest BCUT2D eigenvalue weighted by atomic mass is 79.9. The van der Waals surface area contributed by atoms with Crippen LogP contribution in [0.25, 0.3) is 22.3 Å². The maximum Gasteiger partial charge on any atom is 0.416 e. The summed E-state index contributed by atoms with van der Waals surface area (Å²) in [5.41, 5.74) is -0.456. The lowest BCUT2D eigenvalue weighted by Crippen LogP contribution is -2.20. The molecule has 3 aromatic carbocycles. The maximum absolute atomic E-state index is 13.4. The second-order valence-corrected chi connectivity index (χ2v) is 8.27. The van der Waals surface area contributed by atoms with Crippen molar-refractivity contribution in [3.05, 3.63) is 86.6 Å². The number of aromatic nitrogens is 2. The van der Waals surface area contributed by atoms with Gasteiger partial charge in [0.25, 0.3) is 5.56 Å². The monoisotopic (exact) mass is 545 g/mol. The van der Waals surface area contributed by atoms with Crippen LogP contribution < -0.4 is 15.0 Å². The smallest absolute Gasteiger partial charge is 0.416 e. The van der Waals surface area contributed by atoms with Crippen LogP contribution in [0.3, 0.4) is 0 Å². The zero-order chi connectivity index (χ0) is 25.2. The Bertz CT molecular complexity index is 1480. The molecule has 0 radical (unpaired) electrons. The molecule has 0 bridgehead atoms. The molecule has 10 heteroatoms. The van der Waals surface area contributed by atoms with E-state index in [1.807, 2.05) is 6.92 Å². The fraction of sp³-hybridized carbons (Fsp3) is 0.160. The molecule has 0 saturated carbocycles. The molecule has 180 valence electrons. The molecule has 35 heavy (non-hydrogen) atoms. The van der Waals surface area contributed by atoms with Gasteiger partial charge in [0.15, 0.2) is 17.3 Å². The molecule has 0 unspecified atom stereocenters. The van der Waals surface area contributed by atoms with E-state index < -0.39 is 17.3 Å². The summed E-state index contributed by atoms with van der Waals surface area (Å²) in [6.45, 7) is 2.16. The zero-order valence-corrected chi connectivity index (χ0v) is 20.2. The quantitative estimate of drug-likeness (QED) is 0.273. The van der Waals surface area contributed by atoms with E-state index in [0.29, 0.717) is 33.7 Å². The summed E-state index contributed by atoms with van der Waals surface area (Å²) in [4.78, 5) is 17.8. The number of benzene rings is 3. The molecular weight excluding hydrogens is 527 g/mol. The first-order chi connectivity index (χ1) is 16.7. The second kappa shape index (κ2) is 9.91. The number of rotatable bonds is 6. The second-order valence-electron chi connectivity index (χ2n) is 7.35. The molecule has 6 nitrogen and oxygen atoms in total. The summed E-state index contributed by atoms with van der Waals surface area (Å²) in [6.07, 6.45) is -3.17. The molecular formula is C25H19BrF3N3O3. The van der Waals surface area contributed by atoms with Gasteiger partial charge in [-0.05, 0) is 43.3 Å². The van der Waals surface area contributed by atoms with Gasteiger partial charge in [0.2, 0.25) is 0 Å². The molecule has 0 N–H and O–H groups in total. The van der Waals surface area contributed by atoms with Gasteiger partial charge in [0, 0.05) is 15.6 Å². The number of para-hydroxylation sites is 1. The van der Waals surface area contributed by atoms with Gasteiger partial charge in [-0.2, -0.15) is 22.9 Å². The van der Waals surface area contributed by atoms with Crippen molar-refractivity contribution in [1.29, 1.82) is 0 Å². The van der Waals surface area contributed by atoms with Crippen molar-refractivity contribution in [1.82, 2.24) is 9.66 Å². The molecule has 0 amide bonds. The van der Waals surface area contributed by atoms with Gasteiger partial charge in [-0.25, -0.2) is 4.98 Å². The van der Waals surface area contributed by atoms with Crippen molar-refractivity contribution in [2.45, 2.75) is 13.1 Å². The number of nitrogens with zero attached hydrogens (tertiary/aromatic N) is 3. The standard InChI is InChI=1S/C25H19BrF3N3O3/c1-3-35-22-16(12-18(26)13-21(22)34-2)14-30-32-23(15-7-6-8-17(11-15)25(27,28)29)31-20-10-5-4-9-19(20)24(32)33/h4-14H,3H2,1-2H3. The van der Waals surface area contributed by atoms with Gasteiger partial charge in [0.1, 0.15) is 0 Å². The van der Waals surface area contributed by atoms with Crippen molar-refractivity contribution in [3.8, 4) is 22.9 Å². The third-order valence-electron chi connectivity index (χ3n) is 5.07. The molecule has 4 rings (SSSR count). The van der Waals surface area contributed by atoms with Crippen LogP contribution in [-0.2, 0) is 6.18 Å². The summed E-state index contributed by atoms with van der Waals surface area (Å²) in [5, 5.41) is 4.61. The normalized spacial score (nSPS) is 11.8. The van der Waals surface area contributed by atoms with Gasteiger partial charge >= 0.3 is 6.18 Å². The molecule has 0 spiro atoms. The van der Waals surface area contributed by atoms with Gasteiger partial charge in [0.05, 0.1) is 36.4 Å². The number of ether oxygens (including phenoxy) is 2. The predicted molar refractivity (Wildman–Crippen MR) is 131 cm³/mol. The lowest BCUT2D eigenvalue weighted by Gasteiger charge is -2.14.